The van der Waals surface area contributed by atoms with Crippen LogP contribution in [0.25, 0.3) is 0 Å². The van der Waals surface area contributed by atoms with Crippen LogP contribution >= 0.6 is 11.6 Å². The average Bonchev–Trinajstić information content (AvgIpc) is 2.02. The van der Waals surface area contributed by atoms with Gasteiger partial charge in [0.15, 0.2) is 9.84 Å². The first-order chi connectivity index (χ1) is 6.11. The lowest BCUT2D eigenvalue weighted by molar-refractivity contribution is 0.595. The molecule has 1 aromatic carbocycles. The first kappa shape index (κ1) is 8.84. The number of anilines is 1. The number of sulfone groups is 1. The highest BCUT2D eigenvalue weighted by Gasteiger charge is 2.25. The van der Waals surface area contributed by atoms with Gasteiger partial charge in [-0.2, -0.15) is 0 Å². The summed E-state index contributed by atoms with van der Waals surface area (Å²) >= 11 is 5.81. The van der Waals surface area contributed by atoms with Crippen LogP contribution in [0, 0.1) is 0 Å². The molecule has 0 aliphatic carbocycles. The number of halogens is 1. The van der Waals surface area contributed by atoms with Crippen LogP contribution in [-0.2, 0) is 9.84 Å². The molecular weight excluding hydrogens is 210 g/mol. The molecule has 1 N–H and O–H groups in total. The molecule has 1 heterocycles. The van der Waals surface area contributed by atoms with Crippen molar-refractivity contribution in [3.8, 4) is 0 Å². The Morgan fingerprint density at radius 2 is 2.15 bits per heavy atom. The second kappa shape index (κ2) is 2.89. The van der Waals surface area contributed by atoms with Gasteiger partial charge in [-0.25, -0.2) is 8.42 Å². The minimum absolute atomic E-state index is 0.115. The third kappa shape index (κ3) is 1.40. The van der Waals surface area contributed by atoms with Crippen LogP contribution in [-0.4, -0.2) is 20.7 Å². The first-order valence-electron chi connectivity index (χ1n) is 3.86. The first-order valence-corrected chi connectivity index (χ1v) is 5.89. The normalized spacial score (nSPS) is 18.8. The molecule has 0 amide bonds. The van der Waals surface area contributed by atoms with Gasteiger partial charge in [0.1, 0.15) is 4.90 Å². The van der Waals surface area contributed by atoms with Crippen molar-refractivity contribution in [2.45, 2.75) is 4.90 Å². The Morgan fingerprint density at radius 3 is 2.85 bits per heavy atom. The number of rotatable bonds is 0. The van der Waals surface area contributed by atoms with Crippen LogP contribution in [0.15, 0.2) is 23.1 Å². The fourth-order valence-electron chi connectivity index (χ4n) is 1.39. The van der Waals surface area contributed by atoms with Gasteiger partial charge >= 0.3 is 0 Å². The lowest BCUT2D eigenvalue weighted by Crippen LogP contribution is -2.23. The fraction of sp³-hybridized carbons (Fsp3) is 0.250. The Kier molecular flexibility index (Phi) is 1.96. The molecule has 0 saturated carbocycles. The molecule has 2 rings (SSSR count). The van der Waals surface area contributed by atoms with E-state index in [1.807, 2.05) is 0 Å². The van der Waals surface area contributed by atoms with Crippen LogP contribution in [0.4, 0.5) is 5.69 Å². The summed E-state index contributed by atoms with van der Waals surface area (Å²) in [5, 5.41) is 3.29. The van der Waals surface area contributed by atoms with Crippen molar-refractivity contribution in [1.29, 1.82) is 0 Å². The van der Waals surface area contributed by atoms with Crippen LogP contribution in [0.2, 0.25) is 5.02 Å². The lowest BCUT2D eigenvalue weighted by atomic mass is 10.3. The zero-order valence-electron chi connectivity index (χ0n) is 6.75. The highest BCUT2D eigenvalue weighted by molar-refractivity contribution is 7.91. The van der Waals surface area contributed by atoms with E-state index in [2.05, 4.69) is 5.32 Å². The molecule has 1 aromatic rings. The molecule has 0 spiro atoms. The molecule has 70 valence electrons. The van der Waals surface area contributed by atoms with Gasteiger partial charge in [-0.05, 0) is 12.1 Å². The highest BCUT2D eigenvalue weighted by atomic mass is 35.5. The number of benzene rings is 1. The maximum Gasteiger partial charge on any atom is 0.183 e. The Labute approximate surface area is 81.6 Å². The maximum absolute atomic E-state index is 11.6. The van der Waals surface area contributed by atoms with Gasteiger partial charge in [0.2, 0.25) is 0 Å². The van der Waals surface area contributed by atoms with E-state index in [4.69, 9.17) is 11.6 Å². The molecule has 0 atom stereocenters. The quantitative estimate of drug-likeness (QED) is 0.717. The van der Waals surface area contributed by atoms with Gasteiger partial charge in [-0.15, -0.1) is 0 Å². The van der Waals surface area contributed by atoms with Gasteiger partial charge in [-0.3, -0.25) is 0 Å². The number of fused-ring (bicyclic) bond motifs is 1. The molecule has 0 bridgehead atoms. The van der Waals surface area contributed by atoms with E-state index in [1.54, 1.807) is 18.2 Å². The molecule has 0 radical (unpaired) electrons. The van der Waals surface area contributed by atoms with Crippen molar-refractivity contribution in [3.63, 3.8) is 0 Å². The van der Waals surface area contributed by atoms with E-state index in [-0.39, 0.29) is 10.6 Å². The Morgan fingerprint density at radius 1 is 1.38 bits per heavy atom. The number of nitrogens with one attached hydrogen (secondary N) is 1. The van der Waals surface area contributed by atoms with Crippen molar-refractivity contribution < 1.29 is 8.42 Å². The van der Waals surface area contributed by atoms with Gasteiger partial charge in [0.05, 0.1) is 16.5 Å². The van der Waals surface area contributed by atoms with Gasteiger partial charge in [0.25, 0.3) is 0 Å². The van der Waals surface area contributed by atoms with E-state index in [0.29, 0.717) is 17.3 Å². The Balaban J connectivity index is 2.75. The monoisotopic (exact) mass is 217 g/mol. The van der Waals surface area contributed by atoms with Crippen molar-refractivity contribution in [1.82, 2.24) is 0 Å². The number of hydrogen-bond acceptors (Lipinski definition) is 3. The third-order valence-electron chi connectivity index (χ3n) is 1.96. The van der Waals surface area contributed by atoms with Crippen molar-refractivity contribution >= 4 is 27.1 Å². The molecule has 5 heteroatoms. The van der Waals surface area contributed by atoms with Crippen molar-refractivity contribution in [2.75, 3.05) is 17.6 Å². The molecule has 0 aromatic heterocycles. The molecule has 0 fully saturated rings. The summed E-state index contributed by atoms with van der Waals surface area (Å²) in [4.78, 5) is 0.239. The molecule has 13 heavy (non-hydrogen) atoms. The summed E-state index contributed by atoms with van der Waals surface area (Å²) in [5.41, 5.74) is 0.610. The Bertz CT molecular complexity index is 441. The van der Waals surface area contributed by atoms with Gasteiger partial charge < -0.3 is 5.32 Å². The SMILES string of the molecule is O=S1(=O)CCNc2cccc(Cl)c21. The van der Waals surface area contributed by atoms with Crippen LogP contribution in [0.1, 0.15) is 0 Å². The molecular formula is C8H8ClNO2S. The van der Waals surface area contributed by atoms with E-state index in [9.17, 15) is 8.42 Å². The average molecular weight is 218 g/mol. The van der Waals surface area contributed by atoms with Crippen LogP contribution in [0.3, 0.4) is 0 Å². The Hall–Kier alpha value is -0.740. The predicted octanol–water partition coefficient (Wildman–Crippen LogP) is 1.54. The smallest absolute Gasteiger partial charge is 0.183 e. The summed E-state index contributed by atoms with van der Waals surface area (Å²) in [6.45, 7) is 0.454. The summed E-state index contributed by atoms with van der Waals surface area (Å²) in [7, 11) is -3.17. The zero-order valence-corrected chi connectivity index (χ0v) is 8.32. The summed E-state index contributed by atoms with van der Waals surface area (Å²) in [5.74, 6) is 0.115. The summed E-state index contributed by atoms with van der Waals surface area (Å²) in [6.07, 6.45) is 0. The molecule has 3 nitrogen and oxygen atoms in total. The lowest BCUT2D eigenvalue weighted by Gasteiger charge is -2.18. The van der Waals surface area contributed by atoms with E-state index in [1.165, 1.54) is 0 Å². The van der Waals surface area contributed by atoms with E-state index < -0.39 is 9.84 Å². The third-order valence-corrected chi connectivity index (χ3v) is 4.19. The van der Waals surface area contributed by atoms with Gasteiger partial charge in [0, 0.05) is 6.54 Å². The second-order valence-corrected chi connectivity index (χ2v) is 5.32. The minimum atomic E-state index is -3.17. The fourth-order valence-corrected chi connectivity index (χ4v) is 3.33. The topological polar surface area (TPSA) is 46.2 Å². The minimum Gasteiger partial charge on any atom is -0.383 e. The van der Waals surface area contributed by atoms with Crippen molar-refractivity contribution in [2.24, 2.45) is 0 Å². The van der Waals surface area contributed by atoms with Crippen LogP contribution < -0.4 is 5.32 Å². The summed E-state index contributed by atoms with van der Waals surface area (Å²) in [6, 6.07) is 5.04. The molecule has 0 unspecified atom stereocenters. The van der Waals surface area contributed by atoms with Crippen molar-refractivity contribution in [3.05, 3.63) is 23.2 Å². The largest absolute Gasteiger partial charge is 0.383 e. The van der Waals surface area contributed by atoms with Crippen LogP contribution in [0.5, 0.6) is 0 Å². The second-order valence-electron chi connectivity index (χ2n) is 2.86. The molecule has 0 saturated heterocycles. The van der Waals surface area contributed by atoms with E-state index in [0.717, 1.165) is 0 Å². The molecule has 1 aliphatic heterocycles. The van der Waals surface area contributed by atoms with Gasteiger partial charge in [-0.1, -0.05) is 17.7 Å². The highest BCUT2D eigenvalue weighted by Crippen LogP contribution is 2.32. The maximum atomic E-state index is 11.6. The number of hydrogen-bond donors (Lipinski definition) is 1. The summed E-state index contributed by atoms with van der Waals surface area (Å²) < 4.78 is 23.1. The van der Waals surface area contributed by atoms with E-state index >= 15 is 0 Å². The zero-order chi connectivity index (χ0) is 9.47. The standard InChI is InChI=1S/C8H8ClNO2S/c9-6-2-1-3-7-8(6)13(11,12)5-4-10-7/h1-3,10H,4-5H2. The molecule has 1 aliphatic rings. The predicted molar refractivity (Wildman–Crippen MR) is 52.0 cm³/mol.